The molecule has 0 aromatic heterocycles. The molecule has 1 nitrogen and oxygen atoms in total. The molecule has 7 aromatic carbocycles. The van der Waals surface area contributed by atoms with Crippen molar-refractivity contribution in [3.05, 3.63) is 228 Å². The summed E-state index contributed by atoms with van der Waals surface area (Å²) in [6.45, 7) is 11.2. The van der Waals surface area contributed by atoms with Gasteiger partial charge >= 0.3 is 0 Å². The molecule has 0 unspecified atom stereocenters. The van der Waals surface area contributed by atoms with E-state index in [1.807, 2.05) is 60.7 Å². The first-order chi connectivity index (χ1) is 26.5. The zero-order valence-corrected chi connectivity index (χ0v) is 31.6. The van der Waals surface area contributed by atoms with Crippen molar-refractivity contribution in [1.82, 2.24) is 0 Å². The summed E-state index contributed by atoms with van der Waals surface area (Å²) in [6, 6.07) is 62.1. The molecule has 0 radical (unpaired) electrons. The molecule has 0 aliphatic heterocycles. The zero-order chi connectivity index (χ0) is 37.7. The molecule has 0 aliphatic carbocycles. The predicted molar refractivity (Wildman–Crippen MR) is 232 cm³/mol. The smallest absolute Gasteiger partial charge is 0.193 e. The van der Waals surface area contributed by atoms with E-state index >= 15 is 0 Å². The van der Waals surface area contributed by atoms with Gasteiger partial charge < -0.3 is 0 Å². The van der Waals surface area contributed by atoms with Crippen LogP contribution in [-0.2, 0) is 0 Å². The van der Waals surface area contributed by atoms with Gasteiger partial charge in [-0.3, -0.25) is 4.79 Å². The molecule has 0 aliphatic rings. The lowest BCUT2D eigenvalue weighted by Gasteiger charge is -2.19. The van der Waals surface area contributed by atoms with Crippen LogP contribution >= 0.6 is 0 Å². The Labute approximate surface area is 322 Å². The van der Waals surface area contributed by atoms with Gasteiger partial charge in [-0.15, -0.1) is 0 Å². The van der Waals surface area contributed by atoms with Crippen molar-refractivity contribution in [2.24, 2.45) is 0 Å². The van der Waals surface area contributed by atoms with E-state index in [0.29, 0.717) is 11.1 Å². The average molecular weight is 701 g/mol. The first kappa shape index (κ1) is 37.4. The maximum absolute atomic E-state index is 14.7. The van der Waals surface area contributed by atoms with Crippen LogP contribution in [0.15, 0.2) is 195 Å². The van der Waals surface area contributed by atoms with E-state index in [9.17, 15) is 4.79 Å². The molecule has 0 atom stereocenters. The molecule has 0 amide bonds. The molecule has 1 heteroatoms. The lowest BCUT2D eigenvalue weighted by atomic mass is 9.84. The second-order valence-corrected chi connectivity index (χ2v) is 13.4. The van der Waals surface area contributed by atoms with Gasteiger partial charge in [-0.05, 0) is 91.4 Å². The number of hydrogen-bond donors (Lipinski definition) is 0. The Bertz CT molecular complexity index is 2230. The van der Waals surface area contributed by atoms with Gasteiger partial charge in [0, 0.05) is 11.1 Å². The number of hydrogen-bond acceptors (Lipinski definition) is 1. The third-order valence-corrected chi connectivity index (χ3v) is 9.66. The molecule has 0 N–H and O–H groups in total. The first-order valence-electron chi connectivity index (χ1n) is 19.1. The predicted octanol–water partition coefficient (Wildman–Crippen LogP) is 14.6. The summed E-state index contributed by atoms with van der Waals surface area (Å²) in [5.41, 5.74) is 13.7. The third-order valence-electron chi connectivity index (χ3n) is 9.66. The van der Waals surface area contributed by atoms with Gasteiger partial charge in [-0.25, -0.2) is 0 Å². The van der Waals surface area contributed by atoms with E-state index in [2.05, 4.69) is 155 Å². The fourth-order valence-corrected chi connectivity index (χ4v) is 6.74. The lowest BCUT2D eigenvalue weighted by molar-refractivity contribution is 0.103. The second-order valence-electron chi connectivity index (χ2n) is 13.4. The number of benzene rings is 7. The van der Waals surface area contributed by atoms with E-state index < -0.39 is 0 Å². The SMILES string of the molecule is C=C(c1cc(C(=O)c2ccccc2-c2ccccc2)cc(/C(=C/CC)c2ccccc2-c2ccccc2)c1)c1ccccc1-c1ccccc1.CCCC. The van der Waals surface area contributed by atoms with E-state index in [-0.39, 0.29) is 5.78 Å². The average Bonchev–Trinajstić information content (AvgIpc) is 3.26. The fourth-order valence-electron chi connectivity index (χ4n) is 6.74. The van der Waals surface area contributed by atoms with Gasteiger partial charge in [-0.1, -0.05) is 210 Å². The van der Waals surface area contributed by atoms with E-state index in [0.717, 1.165) is 73.2 Å². The summed E-state index contributed by atoms with van der Waals surface area (Å²) in [5, 5.41) is 0. The van der Waals surface area contributed by atoms with Crippen LogP contribution in [0, 0.1) is 0 Å². The van der Waals surface area contributed by atoms with Crippen molar-refractivity contribution in [3.8, 4) is 33.4 Å². The maximum Gasteiger partial charge on any atom is 0.193 e. The Balaban J connectivity index is 0.00000119. The highest BCUT2D eigenvalue weighted by Gasteiger charge is 2.20. The van der Waals surface area contributed by atoms with Crippen LogP contribution in [0.1, 0.15) is 78.2 Å². The number of ketones is 1. The molecule has 0 heterocycles. The lowest BCUT2D eigenvalue weighted by Crippen LogP contribution is -2.06. The Morgan fingerprint density at radius 2 is 0.815 bits per heavy atom. The summed E-state index contributed by atoms with van der Waals surface area (Å²) in [6.07, 6.45) is 5.74. The van der Waals surface area contributed by atoms with E-state index in [1.165, 1.54) is 12.8 Å². The molecule has 266 valence electrons. The summed E-state index contributed by atoms with van der Waals surface area (Å²) in [4.78, 5) is 14.7. The molecular formula is C53H48O. The van der Waals surface area contributed by atoms with Crippen molar-refractivity contribution < 1.29 is 4.79 Å². The van der Waals surface area contributed by atoms with Crippen LogP contribution in [0.2, 0.25) is 0 Å². The Morgan fingerprint density at radius 3 is 1.30 bits per heavy atom. The Kier molecular flexibility index (Phi) is 12.8. The fraction of sp³-hybridized carbons (Fsp3) is 0.113. The van der Waals surface area contributed by atoms with Crippen LogP contribution in [0.3, 0.4) is 0 Å². The van der Waals surface area contributed by atoms with Crippen LogP contribution in [-0.4, -0.2) is 5.78 Å². The Morgan fingerprint density at radius 1 is 0.444 bits per heavy atom. The largest absolute Gasteiger partial charge is 0.289 e. The van der Waals surface area contributed by atoms with Crippen LogP contribution in [0.4, 0.5) is 0 Å². The summed E-state index contributed by atoms with van der Waals surface area (Å²) in [7, 11) is 0. The summed E-state index contributed by atoms with van der Waals surface area (Å²) >= 11 is 0. The van der Waals surface area contributed by atoms with Gasteiger partial charge in [0.05, 0.1) is 0 Å². The van der Waals surface area contributed by atoms with E-state index in [4.69, 9.17) is 0 Å². The molecule has 0 fully saturated rings. The normalized spacial score (nSPS) is 11.0. The summed E-state index contributed by atoms with van der Waals surface area (Å²) < 4.78 is 0. The molecule has 0 saturated carbocycles. The Hall–Kier alpha value is -6.31. The van der Waals surface area contributed by atoms with Crippen LogP contribution < -0.4 is 0 Å². The standard InChI is InChI=1S/C49H38O.C4H10/c1-3-19-43(47-30-17-15-28-45(47)37-22-9-5-10-23-37)40-32-39(35(2)42-26-13-14-27-44(42)36-20-7-4-8-21-36)33-41(34-40)49(50)48-31-18-16-29-46(48)38-24-11-6-12-25-38;1-3-4-2/h4-34H,2-3H2,1H3;3-4H2,1-2H3/b43-19-;. The van der Waals surface area contributed by atoms with Gasteiger partial charge in [0.2, 0.25) is 0 Å². The molecule has 7 aromatic rings. The number of unbranched alkanes of at least 4 members (excludes halogenated alkanes) is 1. The van der Waals surface area contributed by atoms with Gasteiger partial charge in [0.1, 0.15) is 0 Å². The molecule has 0 spiro atoms. The molecule has 7 rings (SSSR count). The number of allylic oxidation sites excluding steroid dienone is 1. The molecular weight excluding hydrogens is 653 g/mol. The van der Waals surface area contributed by atoms with Crippen LogP contribution in [0.25, 0.3) is 44.5 Å². The minimum Gasteiger partial charge on any atom is -0.289 e. The van der Waals surface area contributed by atoms with Crippen molar-refractivity contribution in [3.63, 3.8) is 0 Å². The first-order valence-corrected chi connectivity index (χ1v) is 19.1. The minimum atomic E-state index is -0.0242. The monoisotopic (exact) mass is 700 g/mol. The third kappa shape index (κ3) is 8.65. The molecule has 0 saturated heterocycles. The molecule has 0 bridgehead atoms. The van der Waals surface area contributed by atoms with Crippen molar-refractivity contribution in [2.75, 3.05) is 0 Å². The van der Waals surface area contributed by atoms with Gasteiger partial charge in [0.15, 0.2) is 5.78 Å². The van der Waals surface area contributed by atoms with Crippen LogP contribution in [0.5, 0.6) is 0 Å². The summed E-state index contributed by atoms with van der Waals surface area (Å²) in [5.74, 6) is -0.0242. The highest BCUT2D eigenvalue weighted by atomic mass is 16.1. The number of carbonyl (C=O) groups excluding carboxylic acids is 1. The quantitative estimate of drug-likeness (QED) is 0.123. The highest BCUT2D eigenvalue weighted by Crippen LogP contribution is 2.38. The zero-order valence-electron chi connectivity index (χ0n) is 31.6. The topological polar surface area (TPSA) is 17.1 Å². The van der Waals surface area contributed by atoms with Crippen molar-refractivity contribution in [1.29, 1.82) is 0 Å². The minimum absolute atomic E-state index is 0.0242. The van der Waals surface area contributed by atoms with Gasteiger partial charge in [0.25, 0.3) is 0 Å². The number of carbonyl (C=O) groups is 1. The second kappa shape index (κ2) is 18.4. The maximum atomic E-state index is 14.7. The van der Waals surface area contributed by atoms with Gasteiger partial charge in [-0.2, -0.15) is 0 Å². The molecule has 54 heavy (non-hydrogen) atoms. The number of rotatable bonds is 11. The highest BCUT2D eigenvalue weighted by molar-refractivity contribution is 6.14. The van der Waals surface area contributed by atoms with E-state index in [1.54, 1.807) is 0 Å². The van der Waals surface area contributed by atoms with Crippen molar-refractivity contribution >= 4 is 16.9 Å². The van der Waals surface area contributed by atoms with Crippen molar-refractivity contribution in [2.45, 2.75) is 40.0 Å².